The van der Waals surface area contributed by atoms with Crippen molar-refractivity contribution in [3.63, 3.8) is 0 Å². The maximum Gasteiger partial charge on any atom is 0.148 e. The second-order valence-corrected chi connectivity index (χ2v) is 6.25. The van der Waals surface area contributed by atoms with Gasteiger partial charge in [0.25, 0.3) is 0 Å². The molecule has 21 heavy (non-hydrogen) atoms. The SMILES string of the molecule is Fc1ccccc1-n1ncnc1CSCCN1CCCC1. The quantitative estimate of drug-likeness (QED) is 0.769. The summed E-state index contributed by atoms with van der Waals surface area (Å²) < 4.78 is 15.4. The fraction of sp³-hybridized carbons (Fsp3) is 0.467. The first-order valence-electron chi connectivity index (χ1n) is 7.28. The van der Waals surface area contributed by atoms with Crippen LogP contribution in [0, 0.1) is 5.82 Å². The van der Waals surface area contributed by atoms with E-state index in [1.807, 2.05) is 17.8 Å². The summed E-state index contributed by atoms with van der Waals surface area (Å²) >= 11 is 1.83. The van der Waals surface area contributed by atoms with Crippen molar-refractivity contribution in [2.75, 3.05) is 25.4 Å². The molecule has 0 saturated carbocycles. The van der Waals surface area contributed by atoms with Crippen LogP contribution in [-0.2, 0) is 5.75 Å². The number of rotatable bonds is 6. The minimum Gasteiger partial charge on any atom is -0.303 e. The van der Waals surface area contributed by atoms with Gasteiger partial charge in [0, 0.05) is 12.3 Å². The molecule has 1 aromatic heterocycles. The van der Waals surface area contributed by atoms with Gasteiger partial charge in [-0.1, -0.05) is 12.1 Å². The van der Waals surface area contributed by atoms with E-state index in [4.69, 9.17) is 0 Å². The molecule has 0 amide bonds. The van der Waals surface area contributed by atoms with Gasteiger partial charge in [0.05, 0.1) is 5.75 Å². The second kappa shape index (κ2) is 7.04. The van der Waals surface area contributed by atoms with Crippen molar-refractivity contribution in [2.45, 2.75) is 18.6 Å². The Morgan fingerprint density at radius 1 is 1.19 bits per heavy atom. The van der Waals surface area contributed by atoms with E-state index in [2.05, 4.69) is 15.0 Å². The number of halogens is 1. The van der Waals surface area contributed by atoms with Crippen LogP contribution in [0.15, 0.2) is 30.6 Å². The topological polar surface area (TPSA) is 34.0 Å². The highest BCUT2D eigenvalue weighted by molar-refractivity contribution is 7.98. The summed E-state index contributed by atoms with van der Waals surface area (Å²) in [4.78, 5) is 6.75. The molecule has 0 unspecified atom stereocenters. The van der Waals surface area contributed by atoms with Crippen LogP contribution in [0.1, 0.15) is 18.7 Å². The fourth-order valence-electron chi connectivity index (χ4n) is 2.55. The van der Waals surface area contributed by atoms with Gasteiger partial charge in [-0.15, -0.1) is 0 Å². The Hall–Kier alpha value is -1.40. The van der Waals surface area contributed by atoms with Crippen molar-refractivity contribution in [3.8, 4) is 5.69 Å². The van der Waals surface area contributed by atoms with Gasteiger partial charge in [-0.2, -0.15) is 16.9 Å². The Bertz CT molecular complexity index is 581. The van der Waals surface area contributed by atoms with Crippen LogP contribution in [-0.4, -0.2) is 45.1 Å². The van der Waals surface area contributed by atoms with E-state index in [1.54, 1.807) is 16.8 Å². The molecule has 4 nitrogen and oxygen atoms in total. The lowest BCUT2D eigenvalue weighted by Gasteiger charge is -2.13. The molecule has 1 saturated heterocycles. The Balaban J connectivity index is 1.57. The summed E-state index contributed by atoms with van der Waals surface area (Å²) in [5, 5.41) is 4.15. The summed E-state index contributed by atoms with van der Waals surface area (Å²) in [6.07, 6.45) is 4.14. The Labute approximate surface area is 128 Å². The summed E-state index contributed by atoms with van der Waals surface area (Å²) in [6, 6.07) is 6.66. The van der Waals surface area contributed by atoms with Gasteiger partial charge < -0.3 is 4.90 Å². The minimum atomic E-state index is -0.272. The lowest BCUT2D eigenvalue weighted by atomic mass is 10.3. The predicted octanol–water partition coefficient (Wildman–Crippen LogP) is 2.74. The lowest BCUT2D eigenvalue weighted by molar-refractivity contribution is 0.362. The largest absolute Gasteiger partial charge is 0.303 e. The first kappa shape index (κ1) is 14.5. The number of para-hydroxylation sites is 1. The summed E-state index contributed by atoms with van der Waals surface area (Å²) in [5.41, 5.74) is 0.463. The van der Waals surface area contributed by atoms with Crippen LogP contribution in [0.25, 0.3) is 5.69 Å². The van der Waals surface area contributed by atoms with Crippen LogP contribution in [0.4, 0.5) is 4.39 Å². The molecule has 0 bridgehead atoms. The predicted molar refractivity (Wildman–Crippen MR) is 83.2 cm³/mol. The van der Waals surface area contributed by atoms with Crippen LogP contribution >= 0.6 is 11.8 Å². The molecule has 0 N–H and O–H groups in total. The van der Waals surface area contributed by atoms with Crippen LogP contribution in [0.3, 0.4) is 0 Å². The molecule has 0 radical (unpaired) electrons. The molecule has 1 aromatic carbocycles. The number of thioether (sulfide) groups is 1. The third-order valence-electron chi connectivity index (χ3n) is 3.68. The van der Waals surface area contributed by atoms with Gasteiger partial charge in [0.15, 0.2) is 0 Å². The zero-order valence-electron chi connectivity index (χ0n) is 11.9. The average molecular weight is 306 g/mol. The molecular formula is C15H19FN4S. The molecule has 6 heteroatoms. The van der Waals surface area contributed by atoms with Gasteiger partial charge >= 0.3 is 0 Å². The molecular weight excluding hydrogens is 287 g/mol. The highest BCUT2D eigenvalue weighted by Gasteiger charge is 2.12. The van der Waals surface area contributed by atoms with Crippen molar-refractivity contribution in [3.05, 3.63) is 42.2 Å². The molecule has 0 spiro atoms. The first-order chi connectivity index (χ1) is 10.3. The zero-order chi connectivity index (χ0) is 14.5. The molecule has 1 fully saturated rings. The van der Waals surface area contributed by atoms with Gasteiger partial charge in [0.1, 0.15) is 23.7 Å². The number of benzene rings is 1. The highest BCUT2D eigenvalue weighted by Crippen LogP contribution is 2.17. The highest BCUT2D eigenvalue weighted by atomic mass is 32.2. The molecule has 1 aliphatic rings. The van der Waals surface area contributed by atoms with Crippen molar-refractivity contribution >= 4 is 11.8 Å². The second-order valence-electron chi connectivity index (χ2n) is 5.14. The van der Waals surface area contributed by atoms with Crippen molar-refractivity contribution in [1.82, 2.24) is 19.7 Å². The zero-order valence-corrected chi connectivity index (χ0v) is 12.7. The first-order valence-corrected chi connectivity index (χ1v) is 8.44. The normalized spacial score (nSPS) is 15.7. The monoisotopic (exact) mass is 306 g/mol. The summed E-state index contributed by atoms with van der Waals surface area (Å²) in [7, 11) is 0. The third kappa shape index (κ3) is 3.63. The Morgan fingerprint density at radius 2 is 2.00 bits per heavy atom. The molecule has 0 aliphatic carbocycles. The number of hydrogen-bond donors (Lipinski definition) is 0. The van der Waals surface area contributed by atoms with E-state index in [-0.39, 0.29) is 5.82 Å². The van der Waals surface area contributed by atoms with Gasteiger partial charge in [-0.05, 0) is 38.1 Å². The third-order valence-corrected chi connectivity index (χ3v) is 4.61. The van der Waals surface area contributed by atoms with Crippen LogP contribution < -0.4 is 0 Å². The van der Waals surface area contributed by atoms with Crippen molar-refractivity contribution in [2.24, 2.45) is 0 Å². The Kier molecular flexibility index (Phi) is 4.87. The number of nitrogens with zero attached hydrogens (tertiary/aromatic N) is 4. The molecule has 3 rings (SSSR count). The molecule has 112 valence electrons. The standard InChI is InChI=1S/C15H19FN4S/c16-13-5-1-2-6-14(13)20-15(17-12-18-20)11-21-10-9-19-7-3-4-8-19/h1-2,5-6,12H,3-4,7-11H2. The van der Waals surface area contributed by atoms with E-state index in [1.165, 1.54) is 38.3 Å². The van der Waals surface area contributed by atoms with E-state index >= 15 is 0 Å². The number of aromatic nitrogens is 3. The number of likely N-dealkylation sites (tertiary alicyclic amines) is 1. The van der Waals surface area contributed by atoms with Gasteiger partial charge in [-0.25, -0.2) is 14.1 Å². The van der Waals surface area contributed by atoms with E-state index in [0.717, 1.165) is 23.9 Å². The molecule has 1 aliphatic heterocycles. The van der Waals surface area contributed by atoms with Crippen LogP contribution in [0.2, 0.25) is 0 Å². The van der Waals surface area contributed by atoms with Gasteiger partial charge in [-0.3, -0.25) is 0 Å². The average Bonchev–Trinajstić information content (AvgIpc) is 3.16. The molecule has 2 aromatic rings. The molecule has 2 heterocycles. The van der Waals surface area contributed by atoms with E-state index in [9.17, 15) is 4.39 Å². The Morgan fingerprint density at radius 3 is 2.81 bits per heavy atom. The smallest absolute Gasteiger partial charge is 0.148 e. The van der Waals surface area contributed by atoms with Crippen LogP contribution in [0.5, 0.6) is 0 Å². The summed E-state index contributed by atoms with van der Waals surface area (Å²) in [5.74, 6) is 2.35. The number of hydrogen-bond acceptors (Lipinski definition) is 4. The lowest BCUT2D eigenvalue weighted by Crippen LogP contribution is -2.22. The van der Waals surface area contributed by atoms with E-state index in [0.29, 0.717) is 5.69 Å². The maximum atomic E-state index is 13.8. The minimum absolute atomic E-state index is 0.272. The van der Waals surface area contributed by atoms with Crippen molar-refractivity contribution < 1.29 is 4.39 Å². The van der Waals surface area contributed by atoms with Crippen molar-refractivity contribution in [1.29, 1.82) is 0 Å². The maximum absolute atomic E-state index is 13.8. The summed E-state index contributed by atoms with van der Waals surface area (Å²) in [6.45, 7) is 3.58. The fourth-order valence-corrected chi connectivity index (χ4v) is 3.46. The molecule has 0 atom stereocenters. The van der Waals surface area contributed by atoms with Gasteiger partial charge in [0.2, 0.25) is 0 Å². The van der Waals surface area contributed by atoms with E-state index < -0.39 is 0 Å².